The summed E-state index contributed by atoms with van der Waals surface area (Å²) in [6.45, 7) is -0.0473. The quantitative estimate of drug-likeness (QED) is 0.267. The van der Waals surface area contributed by atoms with E-state index in [1.54, 1.807) is 24.3 Å². The van der Waals surface area contributed by atoms with Gasteiger partial charge >= 0.3 is 0 Å². The number of thiazole rings is 1. The van der Waals surface area contributed by atoms with Crippen molar-refractivity contribution in [2.75, 3.05) is 6.54 Å². The van der Waals surface area contributed by atoms with E-state index in [9.17, 15) is 27.2 Å². The predicted molar refractivity (Wildman–Crippen MR) is 147 cm³/mol. The van der Waals surface area contributed by atoms with Crippen molar-refractivity contribution in [3.05, 3.63) is 82.4 Å². The van der Waals surface area contributed by atoms with Gasteiger partial charge in [-0.25, -0.2) is 22.2 Å². The van der Waals surface area contributed by atoms with Gasteiger partial charge in [-0.3, -0.25) is 14.4 Å². The molecule has 41 heavy (non-hydrogen) atoms. The second-order valence-corrected chi connectivity index (χ2v) is 12.9. The van der Waals surface area contributed by atoms with Crippen LogP contribution in [0, 0.1) is 11.6 Å². The van der Waals surface area contributed by atoms with Crippen LogP contribution in [0.25, 0.3) is 21.3 Å². The third kappa shape index (κ3) is 5.30. The number of amides is 3. The zero-order valence-corrected chi connectivity index (χ0v) is 22.9. The number of benzene rings is 3. The van der Waals surface area contributed by atoms with Gasteiger partial charge in [0.15, 0.2) is 20.9 Å². The van der Waals surface area contributed by atoms with Crippen LogP contribution in [0.3, 0.4) is 0 Å². The lowest BCUT2D eigenvalue weighted by Gasteiger charge is -2.16. The highest BCUT2D eigenvalue weighted by Crippen LogP contribution is 2.38. The van der Waals surface area contributed by atoms with Gasteiger partial charge in [0, 0.05) is 18.2 Å². The maximum absolute atomic E-state index is 15.3. The van der Waals surface area contributed by atoms with Crippen molar-refractivity contribution < 1.29 is 31.6 Å². The molecule has 9 nitrogen and oxygen atoms in total. The number of hydrogen-bond donors (Lipinski definition) is 3. The molecule has 0 saturated heterocycles. The van der Waals surface area contributed by atoms with Gasteiger partial charge < -0.3 is 16.0 Å². The molecule has 0 bridgehead atoms. The minimum atomic E-state index is -4.49. The van der Waals surface area contributed by atoms with Crippen molar-refractivity contribution in [2.24, 2.45) is 0 Å². The molecular formula is C28H22F2N4O5S2. The molecule has 1 aliphatic heterocycles. The molecule has 1 unspecified atom stereocenters. The van der Waals surface area contributed by atoms with E-state index in [0.717, 1.165) is 54.0 Å². The molecule has 6 rings (SSSR count). The summed E-state index contributed by atoms with van der Waals surface area (Å²) < 4.78 is 56.5. The average molecular weight is 597 g/mol. The summed E-state index contributed by atoms with van der Waals surface area (Å²) in [5, 5.41) is 5.65. The number of sulfone groups is 1. The predicted octanol–water partition coefficient (Wildman–Crippen LogP) is 3.39. The van der Waals surface area contributed by atoms with Crippen molar-refractivity contribution in [2.45, 2.75) is 35.6 Å². The average Bonchev–Trinajstić information content (AvgIpc) is 3.53. The lowest BCUT2D eigenvalue weighted by atomic mass is 10.00. The van der Waals surface area contributed by atoms with E-state index in [1.165, 1.54) is 6.07 Å². The third-order valence-corrected chi connectivity index (χ3v) is 10.1. The first kappa shape index (κ1) is 27.0. The van der Waals surface area contributed by atoms with Gasteiger partial charge in [-0.1, -0.05) is 12.1 Å². The van der Waals surface area contributed by atoms with E-state index in [2.05, 4.69) is 20.9 Å². The Bertz CT molecular complexity index is 1840. The molecule has 2 heterocycles. The summed E-state index contributed by atoms with van der Waals surface area (Å²) in [6, 6.07) is 12.0. The molecule has 0 spiro atoms. The van der Waals surface area contributed by atoms with Crippen LogP contribution in [0.15, 0.2) is 59.5 Å². The molecule has 1 aliphatic carbocycles. The number of hydrogen-bond acceptors (Lipinski definition) is 7. The molecule has 1 saturated carbocycles. The normalized spacial score (nSPS) is 15.3. The highest BCUT2D eigenvalue weighted by Gasteiger charge is 2.39. The van der Waals surface area contributed by atoms with Crippen LogP contribution in [0.1, 0.15) is 39.0 Å². The Labute approximate surface area is 236 Å². The number of aromatic nitrogens is 1. The summed E-state index contributed by atoms with van der Waals surface area (Å²) in [7, 11) is -4.49. The molecule has 1 aromatic heterocycles. The summed E-state index contributed by atoms with van der Waals surface area (Å²) in [5.41, 5.74) is 2.19. The highest BCUT2D eigenvalue weighted by molar-refractivity contribution is 7.92. The number of rotatable bonds is 8. The highest BCUT2D eigenvalue weighted by atomic mass is 32.2. The Balaban J connectivity index is 1.38. The Morgan fingerprint density at radius 2 is 1.80 bits per heavy atom. The summed E-state index contributed by atoms with van der Waals surface area (Å²) in [5.74, 6) is -3.13. The Kier molecular flexibility index (Phi) is 6.78. The van der Waals surface area contributed by atoms with Crippen molar-refractivity contribution >= 4 is 49.1 Å². The fourth-order valence-electron chi connectivity index (χ4n) is 4.59. The smallest absolute Gasteiger partial charge is 0.251 e. The number of fused-ring (bicyclic) bond motifs is 2. The molecule has 3 aromatic carbocycles. The van der Waals surface area contributed by atoms with Gasteiger partial charge in [0.1, 0.15) is 16.3 Å². The van der Waals surface area contributed by atoms with E-state index in [-0.39, 0.29) is 32.1 Å². The van der Waals surface area contributed by atoms with Gasteiger partial charge in [0.05, 0.1) is 16.1 Å². The fourth-order valence-corrected chi connectivity index (χ4v) is 7.59. The first-order chi connectivity index (χ1) is 19.6. The Hall–Kier alpha value is -4.23. The van der Waals surface area contributed by atoms with E-state index in [1.807, 2.05) is 0 Å². The molecule has 4 aromatic rings. The molecule has 3 amide bonds. The molecule has 210 valence electrons. The number of halogens is 2. The second kappa shape index (κ2) is 10.3. The summed E-state index contributed by atoms with van der Waals surface area (Å²) >= 11 is 0.817. The van der Waals surface area contributed by atoms with Crippen LogP contribution in [-0.4, -0.2) is 43.7 Å². The summed E-state index contributed by atoms with van der Waals surface area (Å²) in [4.78, 5) is 41.5. The van der Waals surface area contributed by atoms with Gasteiger partial charge in [-0.05, 0) is 72.0 Å². The zero-order chi connectivity index (χ0) is 28.9. The molecule has 13 heteroatoms. The zero-order valence-electron chi connectivity index (χ0n) is 21.2. The SMILES string of the molecule is O=C(CNC(=O)C(c1nc2c(F)cc(-c3ccc4c(c3)C(=O)NC4)cc2s1)S(=O)(=O)c1ccc(F)cc1)NC1CC1. The van der Waals surface area contributed by atoms with Gasteiger partial charge in [0.2, 0.25) is 11.8 Å². The fraction of sp³-hybridized carbons (Fsp3) is 0.214. The van der Waals surface area contributed by atoms with E-state index in [0.29, 0.717) is 23.2 Å². The maximum Gasteiger partial charge on any atom is 0.251 e. The Morgan fingerprint density at radius 1 is 1.05 bits per heavy atom. The summed E-state index contributed by atoms with van der Waals surface area (Å²) in [6.07, 6.45) is 1.67. The lowest BCUT2D eigenvalue weighted by molar-refractivity contribution is -0.126. The van der Waals surface area contributed by atoms with Crippen LogP contribution in [-0.2, 0) is 26.0 Å². The largest absolute Gasteiger partial charge is 0.352 e. The number of carbonyl (C=O) groups is 3. The molecular weight excluding hydrogens is 574 g/mol. The van der Waals surface area contributed by atoms with E-state index < -0.39 is 45.1 Å². The minimum absolute atomic E-state index is 0.0413. The van der Waals surface area contributed by atoms with Crippen LogP contribution < -0.4 is 16.0 Å². The Morgan fingerprint density at radius 3 is 2.54 bits per heavy atom. The monoisotopic (exact) mass is 596 g/mol. The van der Waals surface area contributed by atoms with Crippen LogP contribution in [0.5, 0.6) is 0 Å². The molecule has 0 radical (unpaired) electrons. The van der Waals surface area contributed by atoms with Crippen molar-refractivity contribution in [1.29, 1.82) is 0 Å². The van der Waals surface area contributed by atoms with E-state index in [4.69, 9.17) is 0 Å². The topological polar surface area (TPSA) is 134 Å². The number of nitrogens with one attached hydrogen (secondary N) is 3. The third-order valence-electron chi connectivity index (χ3n) is 6.87. The van der Waals surface area contributed by atoms with Crippen LogP contribution in [0.2, 0.25) is 0 Å². The van der Waals surface area contributed by atoms with E-state index >= 15 is 4.39 Å². The second-order valence-electron chi connectivity index (χ2n) is 9.85. The van der Waals surface area contributed by atoms with Crippen molar-refractivity contribution in [3.63, 3.8) is 0 Å². The first-order valence-corrected chi connectivity index (χ1v) is 15.0. The van der Waals surface area contributed by atoms with Gasteiger partial charge in [-0.2, -0.15) is 0 Å². The molecule has 1 fully saturated rings. The minimum Gasteiger partial charge on any atom is -0.352 e. The lowest BCUT2D eigenvalue weighted by Crippen LogP contribution is -2.41. The van der Waals surface area contributed by atoms with Gasteiger partial charge in [-0.15, -0.1) is 11.3 Å². The van der Waals surface area contributed by atoms with Crippen LogP contribution in [0.4, 0.5) is 8.78 Å². The molecule has 1 atom stereocenters. The number of nitrogens with zero attached hydrogens (tertiary/aromatic N) is 1. The van der Waals surface area contributed by atoms with Crippen molar-refractivity contribution in [1.82, 2.24) is 20.9 Å². The standard InChI is InChI=1S/C28H22F2N4O5S2/c29-17-3-7-19(8-4-17)41(38,39)25(27(37)32-13-23(35)33-18-5-6-18)28-34-24-21(30)10-16(11-22(24)40-28)14-1-2-15-12-31-26(36)20(15)9-14/h1-4,7-11,18,25H,5-6,12-13H2,(H,31,36)(H,32,37)(H,33,35). The van der Waals surface area contributed by atoms with Crippen LogP contribution >= 0.6 is 11.3 Å². The maximum atomic E-state index is 15.3. The number of carbonyl (C=O) groups excluding carboxylic acids is 3. The molecule has 3 N–H and O–H groups in total. The first-order valence-electron chi connectivity index (χ1n) is 12.7. The van der Waals surface area contributed by atoms with Gasteiger partial charge in [0.25, 0.3) is 5.91 Å². The molecule has 2 aliphatic rings. The van der Waals surface area contributed by atoms with Crippen molar-refractivity contribution in [3.8, 4) is 11.1 Å².